The Labute approximate surface area is 169 Å². The van der Waals surface area contributed by atoms with Crippen LogP contribution in [0.2, 0.25) is 0 Å². The number of rotatable bonds is 8. The van der Waals surface area contributed by atoms with Crippen LogP contribution in [0.25, 0.3) is 0 Å². The molecule has 0 bridgehead atoms. The summed E-state index contributed by atoms with van der Waals surface area (Å²) in [7, 11) is -4.01. The van der Waals surface area contributed by atoms with Crippen LogP contribution in [0.5, 0.6) is 5.75 Å². The van der Waals surface area contributed by atoms with Crippen LogP contribution < -0.4 is 9.04 Å². The lowest BCUT2D eigenvalue weighted by Gasteiger charge is -2.23. The van der Waals surface area contributed by atoms with E-state index in [9.17, 15) is 18.3 Å². The quantitative estimate of drug-likeness (QED) is 0.649. The second kappa shape index (κ2) is 8.87. The van der Waals surface area contributed by atoms with Gasteiger partial charge in [0.25, 0.3) is 10.0 Å². The number of benzene rings is 2. The molecule has 0 amide bonds. The van der Waals surface area contributed by atoms with Crippen molar-refractivity contribution in [2.24, 2.45) is 0 Å². The van der Waals surface area contributed by atoms with Crippen molar-refractivity contribution in [3.05, 3.63) is 48.5 Å². The molecule has 0 aromatic heterocycles. The normalized spacial score (nSPS) is 14.8. The summed E-state index contributed by atoms with van der Waals surface area (Å²) in [6, 6.07) is 12.9. The Kier molecular flexibility index (Phi) is 6.51. The monoisotopic (exact) mass is 421 g/mol. The smallest absolute Gasteiger partial charge is 0.324 e. The van der Waals surface area contributed by atoms with Gasteiger partial charge in [0, 0.05) is 4.90 Å². The van der Waals surface area contributed by atoms with Gasteiger partial charge in [-0.05, 0) is 80.5 Å². The topological polar surface area (TPSA) is 83.9 Å². The molecule has 0 heterocycles. The maximum atomic E-state index is 13.1. The molecular formula is C20H23NO5S2. The fourth-order valence-electron chi connectivity index (χ4n) is 3.20. The lowest BCUT2D eigenvalue weighted by molar-refractivity contribution is -0.135. The summed E-state index contributed by atoms with van der Waals surface area (Å²) in [6.45, 7) is -0.657. The highest BCUT2D eigenvalue weighted by molar-refractivity contribution is 7.98. The lowest BCUT2D eigenvalue weighted by Crippen LogP contribution is -2.35. The van der Waals surface area contributed by atoms with Crippen LogP contribution in [0.15, 0.2) is 58.3 Å². The van der Waals surface area contributed by atoms with Gasteiger partial charge in [-0.3, -0.25) is 9.10 Å². The van der Waals surface area contributed by atoms with E-state index in [-0.39, 0.29) is 16.7 Å². The molecule has 0 saturated heterocycles. The minimum atomic E-state index is -4.01. The van der Waals surface area contributed by atoms with Crippen molar-refractivity contribution in [3.8, 4) is 5.75 Å². The summed E-state index contributed by atoms with van der Waals surface area (Å²) >= 11 is 1.50. The molecule has 8 heteroatoms. The van der Waals surface area contributed by atoms with Crippen molar-refractivity contribution in [2.75, 3.05) is 17.1 Å². The van der Waals surface area contributed by atoms with Crippen LogP contribution in [0, 0.1) is 0 Å². The van der Waals surface area contributed by atoms with Gasteiger partial charge in [-0.25, -0.2) is 8.42 Å². The SMILES string of the molecule is CSc1ccc(S(=O)(=O)N(CC(=O)O)c2ccc(OC3CCCC3)cc2)cc1. The Morgan fingerprint density at radius 2 is 1.71 bits per heavy atom. The van der Waals surface area contributed by atoms with Crippen molar-refractivity contribution in [1.29, 1.82) is 0 Å². The van der Waals surface area contributed by atoms with Crippen LogP contribution in [0.1, 0.15) is 25.7 Å². The van der Waals surface area contributed by atoms with Gasteiger partial charge in [0.1, 0.15) is 12.3 Å². The minimum Gasteiger partial charge on any atom is -0.490 e. The van der Waals surface area contributed by atoms with E-state index >= 15 is 0 Å². The molecule has 1 aliphatic rings. The first-order chi connectivity index (χ1) is 13.4. The summed E-state index contributed by atoms with van der Waals surface area (Å²) in [5.41, 5.74) is 0.287. The maximum Gasteiger partial charge on any atom is 0.324 e. The van der Waals surface area contributed by atoms with Crippen molar-refractivity contribution < 1.29 is 23.1 Å². The molecule has 6 nitrogen and oxygen atoms in total. The highest BCUT2D eigenvalue weighted by Crippen LogP contribution is 2.29. The van der Waals surface area contributed by atoms with Crippen LogP contribution in [-0.2, 0) is 14.8 Å². The Bertz CT molecular complexity index is 905. The fourth-order valence-corrected chi connectivity index (χ4v) is 5.02. The second-order valence-electron chi connectivity index (χ2n) is 6.60. The number of ether oxygens (including phenoxy) is 1. The number of nitrogens with zero attached hydrogens (tertiary/aromatic N) is 1. The van der Waals surface area contributed by atoms with Gasteiger partial charge >= 0.3 is 5.97 Å². The molecule has 1 fully saturated rings. The molecule has 2 aromatic rings. The average Bonchev–Trinajstić information content (AvgIpc) is 3.20. The molecule has 0 radical (unpaired) electrons. The molecule has 1 N–H and O–H groups in total. The van der Waals surface area contributed by atoms with E-state index in [1.54, 1.807) is 36.4 Å². The third-order valence-corrected chi connectivity index (χ3v) is 7.19. The van der Waals surface area contributed by atoms with E-state index in [1.165, 1.54) is 23.9 Å². The van der Waals surface area contributed by atoms with Gasteiger partial charge in [-0.2, -0.15) is 0 Å². The van der Waals surface area contributed by atoms with Gasteiger partial charge < -0.3 is 9.84 Å². The molecule has 2 aromatic carbocycles. The van der Waals surface area contributed by atoms with E-state index in [1.807, 2.05) is 6.26 Å². The standard InChI is InChI=1S/C20H23NO5S2/c1-27-18-10-12-19(13-11-18)28(24,25)21(14-20(22)23)15-6-8-17(9-7-15)26-16-4-2-3-5-16/h6-13,16H,2-5,14H2,1H3,(H,22,23). The van der Waals surface area contributed by atoms with Gasteiger partial charge in [0.15, 0.2) is 0 Å². The van der Waals surface area contributed by atoms with E-state index < -0.39 is 22.5 Å². The van der Waals surface area contributed by atoms with Crippen LogP contribution in [0.3, 0.4) is 0 Å². The van der Waals surface area contributed by atoms with Gasteiger partial charge in [0.05, 0.1) is 16.7 Å². The predicted molar refractivity (Wildman–Crippen MR) is 110 cm³/mol. The van der Waals surface area contributed by atoms with E-state index in [2.05, 4.69) is 0 Å². The first-order valence-corrected chi connectivity index (χ1v) is 11.7. The Morgan fingerprint density at radius 1 is 1.11 bits per heavy atom. The predicted octanol–water partition coefficient (Wildman–Crippen LogP) is 4.01. The van der Waals surface area contributed by atoms with Gasteiger partial charge in [-0.15, -0.1) is 11.8 Å². The Balaban J connectivity index is 1.86. The van der Waals surface area contributed by atoms with E-state index in [0.717, 1.165) is 34.9 Å². The molecule has 1 saturated carbocycles. The average molecular weight is 422 g/mol. The van der Waals surface area contributed by atoms with Crippen molar-refractivity contribution in [2.45, 2.75) is 41.6 Å². The van der Waals surface area contributed by atoms with Crippen molar-refractivity contribution in [1.82, 2.24) is 0 Å². The zero-order valence-electron chi connectivity index (χ0n) is 15.6. The number of aliphatic carboxylic acids is 1. The minimum absolute atomic E-state index is 0.0535. The first-order valence-electron chi connectivity index (χ1n) is 9.05. The van der Waals surface area contributed by atoms with E-state index in [0.29, 0.717) is 5.75 Å². The number of hydrogen-bond acceptors (Lipinski definition) is 5. The van der Waals surface area contributed by atoms with Crippen molar-refractivity contribution >= 4 is 33.4 Å². The van der Waals surface area contributed by atoms with Gasteiger partial charge in [0.2, 0.25) is 0 Å². The maximum absolute atomic E-state index is 13.1. The summed E-state index contributed by atoms with van der Waals surface area (Å²) in [5.74, 6) is -0.566. The summed E-state index contributed by atoms with van der Waals surface area (Å²) in [5, 5.41) is 9.25. The molecule has 150 valence electrons. The number of carbonyl (C=O) groups is 1. The van der Waals surface area contributed by atoms with Crippen LogP contribution in [0.4, 0.5) is 5.69 Å². The number of sulfonamides is 1. The number of thioether (sulfide) groups is 1. The molecule has 0 atom stereocenters. The summed E-state index contributed by atoms with van der Waals surface area (Å²) in [6.07, 6.45) is 6.45. The molecule has 0 unspecified atom stereocenters. The van der Waals surface area contributed by atoms with E-state index in [4.69, 9.17) is 4.74 Å². The molecular weight excluding hydrogens is 398 g/mol. The zero-order valence-corrected chi connectivity index (χ0v) is 17.2. The number of carboxylic acids is 1. The third-order valence-electron chi connectivity index (χ3n) is 4.66. The third kappa shape index (κ3) is 4.80. The molecule has 3 rings (SSSR count). The lowest BCUT2D eigenvalue weighted by atomic mass is 10.2. The first kappa shape index (κ1) is 20.5. The highest BCUT2D eigenvalue weighted by atomic mass is 32.2. The van der Waals surface area contributed by atoms with Crippen molar-refractivity contribution in [3.63, 3.8) is 0 Å². The molecule has 1 aliphatic carbocycles. The molecule has 0 aliphatic heterocycles. The molecule has 0 spiro atoms. The number of hydrogen-bond donors (Lipinski definition) is 1. The number of anilines is 1. The fraction of sp³-hybridized carbons (Fsp3) is 0.350. The largest absolute Gasteiger partial charge is 0.490 e. The molecule has 28 heavy (non-hydrogen) atoms. The van der Waals surface area contributed by atoms with Crippen LogP contribution in [-0.4, -0.2) is 38.4 Å². The van der Waals surface area contributed by atoms with Gasteiger partial charge in [-0.1, -0.05) is 0 Å². The highest BCUT2D eigenvalue weighted by Gasteiger charge is 2.27. The Hall–Kier alpha value is -2.19. The van der Waals surface area contributed by atoms with Crippen LogP contribution >= 0.6 is 11.8 Å². The summed E-state index contributed by atoms with van der Waals surface area (Å²) < 4.78 is 32.9. The summed E-state index contributed by atoms with van der Waals surface area (Å²) in [4.78, 5) is 12.3. The Morgan fingerprint density at radius 3 is 2.25 bits per heavy atom. The second-order valence-corrected chi connectivity index (χ2v) is 9.34. The zero-order chi connectivity index (χ0) is 20.1. The number of carboxylic acid groups (broad SMARTS) is 1.